The minimum atomic E-state index is -0.631. The summed E-state index contributed by atoms with van der Waals surface area (Å²) in [6.45, 7) is 7.77. The molecular formula is C31H31N5O4. The van der Waals surface area contributed by atoms with Crippen LogP contribution >= 0.6 is 0 Å². The molecule has 0 saturated carbocycles. The lowest BCUT2D eigenvalue weighted by Gasteiger charge is -2.16. The molecule has 40 heavy (non-hydrogen) atoms. The van der Waals surface area contributed by atoms with Crippen LogP contribution in [0, 0.1) is 6.92 Å². The van der Waals surface area contributed by atoms with Crippen LogP contribution in [0.15, 0.2) is 81.0 Å². The number of pyridine rings is 1. The van der Waals surface area contributed by atoms with Gasteiger partial charge in [0.15, 0.2) is 5.82 Å². The summed E-state index contributed by atoms with van der Waals surface area (Å²) in [5.41, 5.74) is 5.31. The summed E-state index contributed by atoms with van der Waals surface area (Å²) in [6, 6.07) is 19.3. The fraction of sp³-hybridized carbons (Fsp3) is 0.258. The first kappa shape index (κ1) is 26.8. The van der Waals surface area contributed by atoms with Crippen LogP contribution in [-0.2, 0) is 12.8 Å². The zero-order chi connectivity index (χ0) is 28.2. The second kappa shape index (κ2) is 11.5. The highest BCUT2D eigenvalue weighted by Gasteiger charge is 2.19. The maximum Gasteiger partial charge on any atom is 0.439 e. The molecule has 0 aliphatic carbocycles. The molecule has 0 unspecified atom stereocenters. The molecule has 0 spiro atoms. The summed E-state index contributed by atoms with van der Waals surface area (Å²) >= 11 is 0. The number of aromatic nitrogens is 5. The van der Waals surface area contributed by atoms with Gasteiger partial charge in [-0.3, -0.25) is 18.9 Å². The normalized spacial score (nSPS) is 11.2. The maximum atomic E-state index is 14.0. The van der Waals surface area contributed by atoms with E-state index in [0.29, 0.717) is 47.2 Å². The van der Waals surface area contributed by atoms with Crippen molar-refractivity contribution in [2.24, 2.45) is 0 Å². The van der Waals surface area contributed by atoms with Crippen molar-refractivity contribution in [3.8, 4) is 34.1 Å². The van der Waals surface area contributed by atoms with Crippen LogP contribution in [0.2, 0.25) is 0 Å². The molecule has 0 fully saturated rings. The Morgan fingerprint density at radius 2 is 1.82 bits per heavy atom. The molecule has 0 amide bonds. The summed E-state index contributed by atoms with van der Waals surface area (Å²) in [7, 11) is 0. The number of ether oxygens (including phenoxy) is 1. The van der Waals surface area contributed by atoms with E-state index in [1.807, 2.05) is 75.4 Å². The van der Waals surface area contributed by atoms with Crippen LogP contribution in [0.3, 0.4) is 0 Å². The van der Waals surface area contributed by atoms with Gasteiger partial charge in [0.25, 0.3) is 5.56 Å². The second-order valence-electron chi connectivity index (χ2n) is 9.86. The van der Waals surface area contributed by atoms with E-state index in [2.05, 4.69) is 22.0 Å². The van der Waals surface area contributed by atoms with E-state index in [0.717, 1.165) is 28.8 Å². The van der Waals surface area contributed by atoms with Gasteiger partial charge in [0.2, 0.25) is 5.88 Å². The summed E-state index contributed by atoms with van der Waals surface area (Å²) in [5, 5.41) is 3.94. The molecule has 0 aliphatic heterocycles. The topological polar surface area (TPSA) is 116 Å². The molecular weight excluding hydrogens is 506 g/mol. The third kappa shape index (κ3) is 5.63. The Kier molecular flexibility index (Phi) is 7.72. The number of H-pyrrole nitrogens is 1. The van der Waals surface area contributed by atoms with Crippen molar-refractivity contribution in [1.82, 2.24) is 24.7 Å². The molecule has 9 heteroatoms. The number of nitrogens with zero attached hydrogens (tertiary/aromatic N) is 4. The Bertz CT molecular complexity index is 1730. The van der Waals surface area contributed by atoms with E-state index in [9.17, 15) is 9.59 Å². The number of rotatable bonds is 9. The monoisotopic (exact) mass is 537 g/mol. The highest BCUT2D eigenvalue weighted by molar-refractivity contribution is 5.81. The predicted octanol–water partition coefficient (Wildman–Crippen LogP) is 5.28. The lowest BCUT2D eigenvalue weighted by Crippen LogP contribution is -2.28. The van der Waals surface area contributed by atoms with Gasteiger partial charge in [0.05, 0.1) is 23.7 Å². The van der Waals surface area contributed by atoms with Gasteiger partial charge in [0, 0.05) is 23.6 Å². The van der Waals surface area contributed by atoms with Gasteiger partial charge in [-0.25, -0.2) is 14.8 Å². The number of aryl methyl sites for hydroxylation is 2. The SMILES string of the molecule is CCCc1nc(C)n(-c2ccc(OC(C)C)nc2)c(=O)c1Cc1ccc(-c2ccccc2)c(-c2noc(=O)[nH]2)c1. The van der Waals surface area contributed by atoms with E-state index in [1.165, 1.54) is 0 Å². The maximum absolute atomic E-state index is 14.0. The highest BCUT2D eigenvalue weighted by Crippen LogP contribution is 2.31. The van der Waals surface area contributed by atoms with Crippen molar-refractivity contribution in [3.63, 3.8) is 0 Å². The molecule has 2 aromatic carbocycles. The van der Waals surface area contributed by atoms with Crippen molar-refractivity contribution in [1.29, 1.82) is 0 Å². The quantitative estimate of drug-likeness (QED) is 0.272. The lowest BCUT2D eigenvalue weighted by molar-refractivity contribution is 0.232. The number of aromatic amines is 1. The molecule has 0 aliphatic rings. The van der Waals surface area contributed by atoms with Gasteiger partial charge in [-0.2, -0.15) is 0 Å². The first-order valence-corrected chi connectivity index (χ1v) is 13.3. The summed E-state index contributed by atoms with van der Waals surface area (Å²) in [5.74, 6) is 0.788. The summed E-state index contributed by atoms with van der Waals surface area (Å²) < 4.78 is 12.1. The third-order valence-corrected chi connectivity index (χ3v) is 6.50. The van der Waals surface area contributed by atoms with Crippen molar-refractivity contribution >= 4 is 0 Å². The Morgan fingerprint density at radius 1 is 1.02 bits per heavy atom. The Morgan fingerprint density at radius 3 is 2.48 bits per heavy atom. The van der Waals surface area contributed by atoms with Crippen LogP contribution in [0.1, 0.15) is 49.8 Å². The molecule has 9 nitrogen and oxygen atoms in total. The highest BCUT2D eigenvalue weighted by atomic mass is 16.5. The molecule has 5 aromatic rings. The van der Waals surface area contributed by atoms with E-state index in [1.54, 1.807) is 16.8 Å². The molecule has 5 rings (SSSR count). The average molecular weight is 538 g/mol. The van der Waals surface area contributed by atoms with Gasteiger partial charge in [0.1, 0.15) is 5.82 Å². The minimum Gasteiger partial charge on any atom is -0.475 e. The molecule has 3 heterocycles. The molecule has 0 bridgehead atoms. The van der Waals surface area contributed by atoms with Gasteiger partial charge < -0.3 is 4.74 Å². The fourth-order valence-electron chi connectivity index (χ4n) is 4.78. The fourth-order valence-corrected chi connectivity index (χ4v) is 4.78. The van der Waals surface area contributed by atoms with Crippen LogP contribution in [0.25, 0.3) is 28.2 Å². The number of nitrogens with one attached hydrogen (secondary N) is 1. The van der Waals surface area contributed by atoms with Crippen LogP contribution in [0.5, 0.6) is 5.88 Å². The lowest BCUT2D eigenvalue weighted by atomic mass is 9.94. The number of benzene rings is 2. The smallest absolute Gasteiger partial charge is 0.439 e. The summed E-state index contributed by atoms with van der Waals surface area (Å²) in [6.07, 6.45) is 3.51. The van der Waals surface area contributed by atoms with Crippen LogP contribution in [0.4, 0.5) is 0 Å². The third-order valence-electron chi connectivity index (χ3n) is 6.50. The number of hydrogen-bond donors (Lipinski definition) is 1. The standard InChI is InChI=1S/C31H31N5O4/c1-5-9-27-26(30(37)36(20(4)33-27)23-13-15-28(32-18-23)39-19(2)3)17-21-12-14-24(22-10-7-6-8-11-22)25(16-21)29-34-31(38)40-35-29/h6-8,10-16,18-19H,5,9,17H2,1-4H3,(H,34,35,38). The minimum absolute atomic E-state index is 0.00217. The van der Waals surface area contributed by atoms with Crippen molar-refractivity contribution < 1.29 is 9.26 Å². The molecule has 3 aromatic heterocycles. The van der Waals surface area contributed by atoms with Gasteiger partial charge >= 0.3 is 5.76 Å². The molecule has 0 saturated heterocycles. The van der Waals surface area contributed by atoms with Crippen molar-refractivity contribution in [2.45, 2.75) is 53.1 Å². The first-order valence-electron chi connectivity index (χ1n) is 13.3. The van der Waals surface area contributed by atoms with Gasteiger partial charge in [-0.05, 0) is 56.0 Å². The van der Waals surface area contributed by atoms with Crippen molar-refractivity contribution in [3.05, 3.63) is 110 Å². The van der Waals surface area contributed by atoms with E-state index >= 15 is 0 Å². The Balaban J connectivity index is 1.60. The molecule has 204 valence electrons. The predicted molar refractivity (Wildman–Crippen MR) is 153 cm³/mol. The second-order valence-corrected chi connectivity index (χ2v) is 9.86. The van der Waals surface area contributed by atoms with Crippen LogP contribution < -0.4 is 16.1 Å². The van der Waals surface area contributed by atoms with Crippen LogP contribution in [-0.4, -0.2) is 30.8 Å². The van der Waals surface area contributed by atoms with E-state index in [4.69, 9.17) is 14.2 Å². The molecule has 1 N–H and O–H groups in total. The average Bonchev–Trinajstić information content (AvgIpc) is 3.38. The Hall–Kier alpha value is -4.79. The molecule has 0 radical (unpaired) electrons. The Labute approximate surface area is 231 Å². The summed E-state index contributed by atoms with van der Waals surface area (Å²) in [4.78, 5) is 37.7. The zero-order valence-corrected chi connectivity index (χ0v) is 23.0. The first-order chi connectivity index (χ1) is 19.3. The van der Waals surface area contributed by atoms with Gasteiger partial charge in [-0.15, -0.1) is 0 Å². The largest absolute Gasteiger partial charge is 0.475 e. The molecule has 0 atom stereocenters. The van der Waals surface area contributed by atoms with E-state index < -0.39 is 5.76 Å². The van der Waals surface area contributed by atoms with E-state index in [-0.39, 0.29) is 11.7 Å². The van der Waals surface area contributed by atoms with Gasteiger partial charge in [-0.1, -0.05) is 61.0 Å². The van der Waals surface area contributed by atoms with Crippen molar-refractivity contribution in [2.75, 3.05) is 0 Å². The zero-order valence-electron chi connectivity index (χ0n) is 23.0. The number of hydrogen-bond acceptors (Lipinski definition) is 7.